The fourth-order valence-corrected chi connectivity index (χ4v) is 4.43. The summed E-state index contributed by atoms with van der Waals surface area (Å²) in [6.07, 6.45) is 3.16. The molecule has 112 valence electrons. The van der Waals surface area contributed by atoms with E-state index in [2.05, 4.69) is 45.7 Å². The Morgan fingerprint density at radius 2 is 1.75 bits per heavy atom. The maximum Gasteiger partial charge on any atom is 0.135 e. The molecule has 2 unspecified atom stereocenters. The first-order valence-corrected chi connectivity index (χ1v) is 8.84. The molecular formula is C15H19Br2ClO2. The topological polar surface area (TPSA) is 18.5 Å². The van der Waals surface area contributed by atoms with Crippen LogP contribution in [0.25, 0.3) is 0 Å². The standard InChI is InChI=1S/C15H19Br2ClO2/c1-4-15(5-2)13(18)8-14(15)20-12-7-9(16)11(19-3)6-10(12)17/h6-7,13-14H,4-5,8H2,1-3H3. The molecule has 0 saturated heterocycles. The SMILES string of the molecule is CCC1(CC)C(Cl)CC1Oc1cc(Br)c(OC)cc1Br. The number of halogens is 3. The second kappa shape index (κ2) is 6.45. The molecule has 0 bridgehead atoms. The number of rotatable bonds is 5. The van der Waals surface area contributed by atoms with Crippen molar-refractivity contribution >= 4 is 43.5 Å². The summed E-state index contributed by atoms with van der Waals surface area (Å²) in [6.45, 7) is 4.38. The Hall–Kier alpha value is 0.0700. The van der Waals surface area contributed by atoms with E-state index in [1.54, 1.807) is 7.11 Å². The molecule has 2 atom stereocenters. The van der Waals surface area contributed by atoms with Crippen LogP contribution in [0.15, 0.2) is 21.1 Å². The lowest BCUT2D eigenvalue weighted by molar-refractivity contribution is -0.0466. The molecule has 1 aromatic rings. The van der Waals surface area contributed by atoms with Gasteiger partial charge in [0.25, 0.3) is 0 Å². The van der Waals surface area contributed by atoms with Gasteiger partial charge in [-0.25, -0.2) is 0 Å². The molecule has 0 N–H and O–H groups in total. The summed E-state index contributed by atoms with van der Waals surface area (Å²) in [5, 5.41) is 0.211. The molecule has 1 aliphatic rings. The second-order valence-electron chi connectivity index (χ2n) is 5.17. The van der Waals surface area contributed by atoms with Crippen LogP contribution in [0.4, 0.5) is 0 Å². The summed E-state index contributed by atoms with van der Waals surface area (Å²) < 4.78 is 13.3. The minimum Gasteiger partial charge on any atom is -0.496 e. The molecule has 2 nitrogen and oxygen atoms in total. The smallest absolute Gasteiger partial charge is 0.135 e. The molecule has 1 fully saturated rings. The summed E-state index contributed by atoms with van der Waals surface area (Å²) in [5.74, 6) is 1.61. The van der Waals surface area contributed by atoms with Crippen molar-refractivity contribution in [2.24, 2.45) is 5.41 Å². The van der Waals surface area contributed by atoms with E-state index in [9.17, 15) is 0 Å². The van der Waals surface area contributed by atoms with Crippen LogP contribution in [0.3, 0.4) is 0 Å². The Morgan fingerprint density at radius 1 is 1.20 bits per heavy atom. The second-order valence-corrected chi connectivity index (χ2v) is 7.40. The minimum absolute atomic E-state index is 0.0907. The van der Waals surface area contributed by atoms with Gasteiger partial charge in [0.15, 0.2) is 0 Å². The third kappa shape index (κ3) is 2.71. The number of methoxy groups -OCH3 is 1. The van der Waals surface area contributed by atoms with Crippen molar-refractivity contribution in [1.82, 2.24) is 0 Å². The first-order chi connectivity index (χ1) is 9.48. The quantitative estimate of drug-likeness (QED) is 0.555. The molecule has 0 aromatic heterocycles. The molecule has 2 rings (SSSR count). The van der Waals surface area contributed by atoms with E-state index in [4.69, 9.17) is 21.1 Å². The molecule has 1 aromatic carbocycles. The van der Waals surface area contributed by atoms with Crippen molar-refractivity contribution in [2.75, 3.05) is 7.11 Å². The van der Waals surface area contributed by atoms with Gasteiger partial charge in [-0.15, -0.1) is 11.6 Å². The summed E-state index contributed by atoms with van der Waals surface area (Å²) in [7, 11) is 1.65. The van der Waals surface area contributed by atoms with Crippen molar-refractivity contribution in [3.05, 3.63) is 21.1 Å². The van der Waals surface area contributed by atoms with Crippen LogP contribution in [0.5, 0.6) is 11.5 Å². The summed E-state index contributed by atoms with van der Waals surface area (Å²) in [5.41, 5.74) is 0.0907. The van der Waals surface area contributed by atoms with E-state index in [1.165, 1.54) is 0 Å². The van der Waals surface area contributed by atoms with Crippen LogP contribution in [0.2, 0.25) is 0 Å². The Balaban J connectivity index is 2.21. The Kier molecular flexibility index (Phi) is 5.30. The highest BCUT2D eigenvalue weighted by Gasteiger charge is 2.53. The molecule has 0 amide bonds. The van der Waals surface area contributed by atoms with Gasteiger partial charge < -0.3 is 9.47 Å². The van der Waals surface area contributed by atoms with Crippen LogP contribution in [0, 0.1) is 5.41 Å². The van der Waals surface area contributed by atoms with Crippen LogP contribution in [-0.2, 0) is 0 Å². The van der Waals surface area contributed by atoms with Crippen LogP contribution in [0.1, 0.15) is 33.1 Å². The first kappa shape index (κ1) is 16.4. The predicted octanol–water partition coefficient (Wildman–Crippen LogP) is 5.79. The third-order valence-electron chi connectivity index (χ3n) is 4.48. The normalized spacial score (nSPS) is 24.1. The molecular weight excluding hydrogens is 407 g/mol. The average Bonchev–Trinajstić information content (AvgIpc) is 2.43. The van der Waals surface area contributed by atoms with Gasteiger partial charge in [-0.2, -0.15) is 0 Å². The maximum atomic E-state index is 6.43. The van der Waals surface area contributed by atoms with Gasteiger partial charge in [-0.3, -0.25) is 0 Å². The molecule has 0 radical (unpaired) electrons. The summed E-state index contributed by atoms with van der Waals surface area (Å²) in [6, 6.07) is 3.86. The van der Waals surface area contributed by atoms with Gasteiger partial charge in [0, 0.05) is 17.2 Å². The van der Waals surface area contributed by atoms with E-state index in [1.807, 2.05) is 12.1 Å². The Labute approximate surface area is 142 Å². The van der Waals surface area contributed by atoms with Gasteiger partial charge in [0.05, 0.1) is 16.1 Å². The fourth-order valence-electron chi connectivity index (χ4n) is 2.92. The van der Waals surface area contributed by atoms with E-state index in [0.29, 0.717) is 0 Å². The number of hydrogen-bond acceptors (Lipinski definition) is 2. The van der Waals surface area contributed by atoms with Crippen molar-refractivity contribution in [2.45, 2.75) is 44.6 Å². The highest BCUT2D eigenvalue weighted by Crippen LogP contribution is 2.52. The van der Waals surface area contributed by atoms with E-state index < -0.39 is 0 Å². The molecule has 1 saturated carbocycles. The van der Waals surface area contributed by atoms with Crippen LogP contribution < -0.4 is 9.47 Å². The lowest BCUT2D eigenvalue weighted by atomic mass is 9.62. The van der Waals surface area contributed by atoms with E-state index >= 15 is 0 Å². The van der Waals surface area contributed by atoms with Gasteiger partial charge >= 0.3 is 0 Å². The Morgan fingerprint density at radius 3 is 2.25 bits per heavy atom. The lowest BCUT2D eigenvalue weighted by Gasteiger charge is -2.52. The van der Waals surface area contributed by atoms with E-state index in [0.717, 1.165) is 39.7 Å². The molecule has 0 aliphatic heterocycles. The van der Waals surface area contributed by atoms with Gasteiger partial charge in [-0.1, -0.05) is 13.8 Å². The summed E-state index contributed by atoms with van der Waals surface area (Å²) in [4.78, 5) is 0. The first-order valence-electron chi connectivity index (χ1n) is 6.82. The third-order valence-corrected chi connectivity index (χ3v) is 6.33. The number of hydrogen-bond donors (Lipinski definition) is 0. The zero-order chi connectivity index (χ0) is 14.9. The zero-order valence-electron chi connectivity index (χ0n) is 11.9. The van der Waals surface area contributed by atoms with Gasteiger partial charge in [-0.05, 0) is 56.8 Å². The van der Waals surface area contributed by atoms with E-state index in [-0.39, 0.29) is 16.9 Å². The van der Waals surface area contributed by atoms with Crippen molar-refractivity contribution in [3.63, 3.8) is 0 Å². The Bertz CT molecular complexity index is 489. The summed E-state index contributed by atoms with van der Waals surface area (Å²) >= 11 is 13.5. The molecule has 0 spiro atoms. The highest BCUT2D eigenvalue weighted by molar-refractivity contribution is 9.11. The van der Waals surface area contributed by atoms with Gasteiger partial charge in [0.1, 0.15) is 17.6 Å². The predicted molar refractivity (Wildman–Crippen MR) is 90.1 cm³/mol. The number of ether oxygens (including phenoxy) is 2. The fraction of sp³-hybridized carbons (Fsp3) is 0.600. The maximum absolute atomic E-state index is 6.43. The van der Waals surface area contributed by atoms with Crippen molar-refractivity contribution < 1.29 is 9.47 Å². The number of alkyl halides is 1. The largest absolute Gasteiger partial charge is 0.496 e. The van der Waals surface area contributed by atoms with Crippen molar-refractivity contribution in [1.29, 1.82) is 0 Å². The van der Waals surface area contributed by atoms with Crippen LogP contribution >= 0.6 is 43.5 Å². The zero-order valence-corrected chi connectivity index (χ0v) is 15.8. The van der Waals surface area contributed by atoms with Crippen molar-refractivity contribution in [3.8, 4) is 11.5 Å². The molecule has 0 heterocycles. The molecule has 1 aliphatic carbocycles. The van der Waals surface area contributed by atoms with Crippen LogP contribution in [-0.4, -0.2) is 18.6 Å². The number of benzene rings is 1. The van der Waals surface area contributed by atoms with Gasteiger partial charge in [0.2, 0.25) is 0 Å². The molecule has 5 heteroatoms. The average molecular weight is 427 g/mol. The lowest BCUT2D eigenvalue weighted by Crippen LogP contribution is -2.56. The highest BCUT2D eigenvalue weighted by atomic mass is 79.9. The monoisotopic (exact) mass is 424 g/mol. The minimum atomic E-state index is 0.0907. The molecule has 20 heavy (non-hydrogen) atoms.